The Morgan fingerprint density at radius 2 is 1.68 bits per heavy atom. The maximum Gasteiger partial charge on any atom is 0.416 e. The van der Waals surface area contributed by atoms with Crippen molar-refractivity contribution in [3.63, 3.8) is 0 Å². The molecule has 3 aromatic rings. The Balaban J connectivity index is 0.00000481. The van der Waals surface area contributed by atoms with Gasteiger partial charge in [-0.05, 0) is 54.7 Å². The van der Waals surface area contributed by atoms with Crippen LogP contribution in [-0.4, -0.2) is 26.7 Å². The van der Waals surface area contributed by atoms with Gasteiger partial charge in [0.15, 0.2) is 0 Å². The summed E-state index contributed by atoms with van der Waals surface area (Å²) in [6, 6.07) is 7.99. The smallest absolute Gasteiger partial charge is 0.416 e. The molecule has 13 heteroatoms. The quantitative estimate of drug-likeness (QED) is 0.330. The minimum absolute atomic E-state index is 0. The number of aliphatic hydroxyl groups excluding tert-OH is 1. The third-order valence-corrected chi connectivity index (χ3v) is 5.31. The van der Waals surface area contributed by atoms with Crippen LogP contribution in [-0.2, 0) is 31.9 Å². The summed E-state index contributed by atoms with van der Waals surface area (Å²) in [7, 11) is 0. The highest BCUT2D eigenvalue weighted by atomic mass is 35.5. The average Bonchev–Trinajstić information content (AvgIpc) is 3.26. The van der Waals surface area contributed by atoms with E-state index in [2.05, 4.69) is 4.98 Å². The van der Waals surface area contributed by atoms with Crippen LogP contribution in [0.3, 0.4) is 0 Å². The number of carbonyl (C=O) groups excluding carboxylic acids is 1. The number of imidazole rings is 1. The van der Waals surface area contributed by atoms with Crippen LogP contribution in [0.1, 0.15) is 45.6 Å². The van der Waals surface area contributed by atoms with Crippen molar-refractivity contribution in [3.05, 3.63) is 82.9 Å². The van der Waals surface area contributed by atoms with Crippen LogP contribution >= 0.6 is 12.4 Å². The van der Waals surface area contributed by atoms with Crippen molar-refractivity contribution in [1.29, 1.82) is 0 Å². The van der Waals surface area contributed by atoms with E-state index in [0.29, 0.717) is 42.7 Å². The molecule has 202 valence electrons. The minimum Gasteiger partial charge on any atom is -0.489 e. The number of hydrogen-bond donors (Lipinski definition) is 2. The standard InChI is InChI=1S/C24H23F6N3O3.ClH/c25-23(26,27)17-8-15(9-18(10-17)24(28,29)30)13-36-21-7-2-1-4-16(21)5-3-6-19(34)11-33-12-20(22(31)35)32-14-33;/h1-2,4,7-10,12,14,19,34H,3,5-6,11,13H2,(H2,31,35);1H. The van der Waals surface area contributed by atoms with Crippen molar-refractivity contribution in [1.82, 2.24) is 9.55 Å². The molecule has 0 saturated carbocycles. The highest BCUT2D eigenvalue weighted by Gasteiger charge is 2.36. The molecule has 0 saturated heterocycles. The van der Waals surface area contributed by atoms with Crippen LogP contribution in [0.15, 0.2) is 55.0 Å². The van der Waals surface area contributed by atoms with Gasteiger partial charge in [-0.1, -0.05) is 18.2 Å². The Labute approximate surface area is 214 Å². The van der Waals surface area contributed by atoms with Gasteiger partial charge in [-0.3, -0.25) is 4.79 Å². The highest BCUT2D eigenvalue weighted by Crippen LogP contribution is 2.36. The van der Waals surface area contributed by atoms with Crippen molar-refractivity contribution in [3.8, 4) is 5.75 Å². The Hall–Kier alpha value is -3.25. The van der Waals surface area contributed by atoms with E-state index in [-0.39, 0.29) is 36.3 Å². The molecule has 3 rings (SSSR count). The number of nitrogens with two attached hydrogens (primary N) is 1. The number of carbonyl (C=O) groups is 1. The molecule has 3 N–H and O–H groups in total. The lowest BCUT2D eigenvalue weighted by atomic mass is 10.0. The maximum absolute atomic E-state index is 13.1. The molecule has 0 radical (unpaired) electrons. The monoisotopic (exact) mass is 551 g/mol. The summed E-state index contributed by atoms with van der Waals surface area (Å²) < 4.78 is 85.6. The molecule has 0 fully saturated rings. The van der Waals surface area contributed by atoms with Crippen molar-refractivity contribution in [2.75, 3.05) is 0 Å². The number of aryl methyl sites for hydroxylation is 1. The van der Waals surface area contributed by atoms with Crippen LogP contribution < -0.4 is 10.5 Å². The zero-order valence-corrected chi connectivity index (χ0v) is 20.0. The first kappa shape index (κ1) is 30.0. The molecule has 1 aromatic heterocycles. The lowest BCUT2D eigenvalue weighted by Crippen LogP contribution is -2.15. The van der Waals surface area contributed by atoms with Crippen molar-refractivity contribution >= 4 is 18.3 Å². The number of rotatable bonds is 10. The molecule has 0 bridgehead atoms. The summed E-state index contributed by atoms with van der Waals surface area (Å²) >= 11 is 0. The molecule has 6 nitrogen and oxygen atoms in total. The number of hydrogen-bond acceptors (Lipinski definition) is 4. The first-order valence-corrected chi connectivity index (χ1v) is 10.8. The summed E-state index contributed by atoms with van der Waals surface area (Å²) in [5, 5.41) is 10.3. The topological polar surface area (TPSA) is 90.4 Å². The average molecular weight is 552 g/mol. The van der Waals surface area contributed by atoms with Crippen molar-refractivity contribution < 1.29 is 41.0 Å². The zero-order chi connectivity index (χ0) is 26.5. The minimum atomic E-state index is -4.94. The van der Waals surface area contributed by atoms with Gasteiger partial charge in [-0.2, -0.15) is 26.3 Å². The van der Waals surface area contributed by atoms with E-state index in [1.165, 1.54) is 17.1 Å². The molecule has 2 aromatic carbocycles. The third-order valence-electron chi connectivity index (χ3n) is 5.31. The molecule has 0 spiro atoms. The number of benzene rings is 2. The number of alkyl halides is 6. The predicted octanol–water partition coefficient (Wildman–Crippen LogP) is 5.40. The van der Waals surface area contributed by atoms with E-state index in [9.17, 15) is 36.2 Å². The number of aromatic nitrogens is 2. The Kier molecular flexibility index (Phi) is 9.99. The van der Waals surface area contributed by atoms with Gasteiger partial charge in [0.05, 0.1) is 23.6 Å². The van der Waals surface area contributed by atoms with Gasteiger partial charge in [0.25, 0.3) is 5.91 Å². The third kappa shape index (κ3) is 8.67. The van der Waals surface area contributed by atoms with E-state index >= 15 is 0 Å². The van der Waals surface area contributed by atoms with Gasteiger partial charge >= 0.3 is 12.4 Å². The molecule has 0 aliphatic carbocycles. The van der Waals surface area contributed by atoms with Gasteiger partial charge in [-0.25, -0.2) is 4.98 Å². The van der Waals surface area contributed by atoms with Gasteiger partial charge in [-0.15, -0.1) is 12.4 Å². The lowest BCUT2D eigenvalue weighted by molar-refractivity contribution is -0.143. The first-order chi connectivity index (χ1) is 16.8. The molecule has 37 heavy (non-hydrogen) atoms. The molecule has 1 heterocycles. The van der Waals surface area contributed by atoms with E-state index in [4.69, 9.17) is 10.5 Å². The van der Waals surface area contributed by atoms with Crippen molar-refractivity contribution in [2.45, 2.75) is 50.9 Å². The van der Waals surface area contributed by atoms with Crippen LogP contribution in [0.5, 0.6) is 5.75 Å². The van der Waals surface area contributed by atoms with Gasteiger partial charge in [0.1, 0.15) is 18.1 Å². The number of ether oxygens (including phenoxy) is 1. The molecule has 1 atom stereocenters. The second-order valence-electron chi connectivity index (χ2n) is 8.18. The zero-order valence-electron chi connectivity index (χ0n) is 19.2. The summed E-state index contributed by atoms with van der Waals surface area (Å²) in [6.45, 7) is -0.301. The van der Waals surface area contributed by atoms with Crippen LogP contribution in [0.4, 0.5) is 26.3 Å². The Morgan fingerprint density at radius 3 is 2.24 bits per heavy atom. The van der Waals surface area contributed by atoms with E-state index in [1.807, 2.05) is 0 Å². The van der Waals surface area contributed by atoms with E-state index in [0.717, 1.165) is 0 Å². The number of amides is 1. The fourth-order valence-electron chi connectivity index (χ4n) is 3.56. The second kappa shape index (κ2) is 12.3. The summed E-state index contributed by atoms with van der Waals surface area (Å²) in [5.74, 6) is -0.363. The van der Waals surface area contributed by atoms with Crippen LogP contribution in [0.25, 0.3) is 0 Å². The number of para-hydroxylation sites is 1. The molecular weight excluding hydrogens is 528 g/mol. The maximum atomic E-state index is 13.1. The Bertz CT molecular complexity index is 1160. The lowest BCUT2D eigenvalue weighted by Gasteiger charge is -2.16. The van der Waals surface area contributed by atoms with Crippen LogP contribution in [0, 0.1) is 0 Å². The van der Waals surface area contributed by atoms with Crippen molar-refractivity contribution in [2.24, 2.45) is 5.73 Å². The fourth-order valence-corrected chi connectivity index (χ4v) is 3.56. The fraction of sp³-hybridized carbons (Fsp3) is 0.333. The number of aliphatic hydroxyl groups is 1. The van der Waals surface area contributed by atoms with E-state index < -0.39 is 42.1 Å². The van der Waals surface area contributed by atoms with Crippen LogP contribution in [0.2, 0.25) is 0 Å². The second-order valence-corrected chi connectivity index (χ2v) is 8.18. The molecule has 1 unspecified atom stereocenters. The molecular formula is C24H24ClF6N3O3. The molecule has 0 aliphatic heterocycles. The summed E-state index contributed by atoms with van der Waals surface area (Å²) in [4.78, 5) is 14.9. The summed E-state index contributed by atoms with van der Waals surface area (Å²) in [6.07, 6.45) is -6.49. The van der Waals surface area contributed by atoms with Gasteiger partial charge in [0.2, 0.25) is 0 Å². The normalized spacial score (nSPS) is 12.6. The molecule has 0 aliphatic rings. The number of nitrogens with zero attached hydrogens (tertiary/aromatic N) is 2. The van der Waals surface area contributed by atoms with E-state index in [1.54, 1.807) is 24.3 Å². The predicted molar refractivity (Wildman–Crippen MR) is 124 cm³/mol. The number of halogens is 7. The summed E-state index contributed by atoms with van der Waals surface area (Å²) in [5.41, 5.74) is 2.84. The SMILES string of the molecule is Cl.NC(=O)c1cn(CC(O)CCCc2ccccc2OCc2cc(C(F)(F)F)cc(C(F)(F)F)c2)cn1. The number of primary amides is 1. The first-order valence-electron chi connectivity index (χ1n) is 10.8. The van der Waals surface area contributed by atoms with Gasteiger partial charge in [0, 0.05) is 12.7 Å². The largest absolute Gasteiger partial charge is 0.489 e. The molecule has 1 amide bonds. The highest BCUT2D eigenvalue weighted by molar-refractivity contribution is 5.90. The Morgan fingerprint density at radius 1 is 1.05 bits per heavy atom. The van der Waals surface area contributed by atoms with Gasteiger partial charge < -0.3 is 20.1 Å².